The molecule has 0 radical (unpaired) electrons. The van der Waals surface area contributed by atoms with Crippen LogP contribution < -0.4 is 4.74 Å². The molecule has 0 heterocycles. The second-order valence-electron chi connectivity index (χ2n) is 4.52. The van der Waals surface area contributed by atoms with Gasteiger partial charge in [0.05, 0.1) is 10.5 Å². The maximum absolute atomic E-state index is 13.3. The molecule has 0 unspecified atom stereocenters. The van der Waals surface area contributed by atoms with E-state index in [4.69, 9.17) is 4.74 Å². The quantitative estimate of drug-likeness (QED) is 0.451. The number of nitrogens with zero attached hydrogens (tertiary/aromatic N) is 1. The van der Waals surface area contributed by atoms with E-state index in [1.54, 1.807) is 0 Å². The number of benzene rings is 2. The van der Waals surface area contributed by atoms with E-state index in [1.807, 2.05) is 25.1 Å². The molecule has 0 aliphatic heterocycles. The van der Waals surface area contributed by atoms with Crippen molar-refractivity contribution in [3.05, 3.63) is 69.0 Å². The van der Waals surface area contributed by atoms with E-state index in [0.29, 0.717) is 11.1 Å². The summed E-state index contributed by atoms with van der Waals surface area (Å²) < 4.78 is 19.0. The highest BCUT2D eigenvalue weighted by atomic mass is 79.9. The molecule has 2 aromatic carbocycles. The van der Waals surface area contributed by atoms with Gasteiger partial charge in [-0.1, -0.05) is 34.1 Å². The second kappa shape index (κ2) is 6.67. The lowest BCUT2D eigenvalue weighted by atomic mass is 10.1. The molecule has 0 aromatic heterocycles. The van der Waals surface area contributed by atoms with Crippen LogP contribution in [0.1, 0.15) is 16.7 Å². The molecule has 4 nitrogen and oxygen atoms in total. The summed E-state index contributed by atoms with van der Waals surface area (Å²) in [6, 6.07) is 9.04. The Bertz CT molecular complexity index is 676. The highest BCUT2D eigenvalue weighted by molar-refractivity contribution is 9.08. The number of hydrogen-bond donors (Lipinski definition) is 0. The third kappa shape index (κ3) is 3.58. The predicted octanol–water partition coefficient (Wildman–Crippen LogP) is 4.52. The van der Waals surface area contributed by atoms with E-state index in [-0.39, 0.29) is 17.9 Å². The highest BCUT2D eigenvalue weighted by Crippen LogP contribution is 2.28. The van der Waals surface area contributed by atoms with Crippen molar-refractivity contribution in [3.8, 4) is 5.75 Å². The summed E-state index contributed by atoms with van der Waals surface area (Å²) in [6.07, 6.45) is 0. The molecular weight excluding hydrogens is 341 g/mol. The van der Waals surface area contributed by atoms with Crippen LogP contribution in [0.2, 0.25) is 0 Å². The molecule has 2 rings (SSSR count). The van der Waals surface area contributed by atoms with Gasteiger partial charge >= 0.3 is 0 Å². The Balaban J connectivity index is 2.28. The van der Waals surface area contributed by atoms with Crippen molar-refractivity contribution in [1.29, 1.82) is 0 Å². The number of hydrogen-bond acceptors (Lipinski definition) is 3. The molecule has 0 fully saturated rings. The molecule has 0 atom stereocenters. The Labute approximate surface area is 129 Å². The summed E-state index contributed by atoms with van der Waals surface area (Å²) in [4.78, 5) is 10.4. The minimum Gasteiger partial charge on any atom is -0.488 e. The molecule has 21 heavy (non-hydrogen) atoms. The van der Waals surface area contributed by atoms with Crippen LogP contribution in [0.15, 0.2) is 36.4 Å². The first kappa shape index (κ1) is 15.4. The molecule has 0 saturated carbocycles. The van der Waals surface area contributed by atoms with Crippen LogP contribution in [-0.2, 0) is 11.9 Å². The van der Waals surface area contributed by atoms with Crippen molar-refractivity contribution in [2.24, 2.45) is 0 Å². The Morgan fingerprint density at radius 1 is 1.29 bits per heavy atom. The van der Waals surface area contributed by atoms with Gasteiger partial charge in [0.2, 0.25) is 0 Å². The summed E-state index contributed by atoms with van der Waals surface area (Å²) in [6.45, 7) is 1.83. The van der Waals surface area contributed by atoms with Crippen LogP contribution in [0.3, 0.4) is 0 Å². The average molecular weight is 354 g/mol. The van der Waals surface area contributed by atoms with Gasteiger partial charge in [0.15, 0.2) is 0 Å². The normalized spacial score (nSPS) is 10.4. The van der Waals surface area contributed by atoms with Crippen LogP contribution >= 0.6 is 15.9 Å². The number of aryl methyl sites for hydroxylation is 1. The van der Waals surface area contributed by atoms with E-state index in [9.17, 15) is 14.5 Å². The Morgan fingerprint density at radius 3 is 2.71 bits per heavy atom. The summed E-state index contributed by atoms with van der Waals surface area (Å²) in [7, 11) is 0. The monoisotopic (exact) mass is 353 g/mol. The van der Waals surface area contributed by atoms with E-state index < -0.39 is 10.7 Å². The third-order valence-electron chi connectivity index (χ3n) is 3.05. The molecule has 0 saturated heterocycles. The van der Waals surface area contributed by atoms with Gasteiger partial charge in [-0.25, -0.2) is 4.39 Å². The van der Waals surface area contributed by atoms with Crippen LogP contribution in [0, 0.1) is 22.9 Å². The predicted molar refractivity (Wildman–Crippen MR) is 81.2 cm³/mol. The molecule has 2 aromatic rings. The molecular formula is C15H13BrFNO3. The van der Waals surface area contributed by atoms with Gasteiger partial charge in [-0.05, 0) is 24.6 Å². The summed E-state index contributed by atoms with van der Waals surface area (Å²) in [5, 5.41) is 11.6. The third-order valence-corrected chi connectivity index (χ3v) is 3.65. The number of para-hydroxylation sites is 1. The second-order valence-corrected chi connectivity index (χ2v) is 5.08. The maximum Gasteiger partial charge on any atom is 0.276 e. The number of nitro groups is 1. The lowest BCUT2D eigenvalue weighted by molar-refractivity contribution is -0.385. The fourth-order valence-electron chi connectivity index (χ4n) is 2.02. The zero-order chi connectivity index (χ0) is 15.4. The number of rotatable bonds is 5. The minimum absolute atomic E-state index is 0.0566. The van der Waals surface area contributed by atoms with Crippen LogP contribution in [0.5, 0.6) is 5.75 Å². The van der Waals surface area contributed by atoms with Crippen molar-refractivity contribution < 1.29 is 14.1 Å². The standard InChI is InChI=1S/C15H13BrFNO3/c1-10-3-2-4-11(8-16)15(10)21-9-12-7-13(17)5-6-14(12)18(19)20/h2-7H,8-9H2,1H3. The van der Waals surface area contributed by atoms with Crippen molar-refractivity contribution >= 4 is 21.6 Å². The lowest BCUT2D eigenvalue weighted by Gasteiger charge is -2.13. The summed E-state index contributed by atoms with van der Waals surface area (Å²) in [5.74, 6) is 0.137. The molecule has 0 aliphatic carbocycles. The number of halogens is 2. The topological polar surface area (TPSA) is 52.4 Å². The average Bonchev–Trinajstić information content (AvgIpc) is 2.45. The SMILES string of the molecule is Cc1cccc(CBr)c1OCc1cc(F)ccc1[N+](=O)[O-]. The van der Waals surface area contributed by atoms with Crippen LogP contribution in [0.25, 0.3) is 0 Å². The van der Waals surface area contributed by atoms with Gasteiger partial charge in [-0.15, -0.1) is 0 Å². The molecule has 0 N–H and O–H groups in total. The Morgan fingerprint density at radius 2 is 2.05 bits per heavy atom. The van der Waals surface area contributed by atoms with E-state index in [0.717, 1.165) is 29.3 Å². The van der Waals surface area contributed by atoms with Crippen molar-refractivity contribution in [1.82, 2.24) is 0 Å². The van der Waals surface area contributed by atoms with Gasteiger partial charge in [0, 0.05) is 17.0 Å². The fourth-order valence-corrected chi connectivity index (χ4v) is 2.46. The zero-order valence-corrected chi connectivity index (χ0v) is 12.9. The smallest absolute Gasteiger partial charge is 0.276 e. The minimum atomic E-state index is -0.540. The largest absolute Gasteiger partial charge is 0.488 e. The molecule has 0 bridgehead atoms. The number of ether oxygens (including phenoxy) is 1. The molecule has 110 valence electrons. The van der Waals surface area contributed by atoms with Gasteiger partial charge in [-0.3, -0.25) is 10.1 Å². The van der Waals surface area contributed by atoms with Crippen molar-refractivity contribution in [2.45, 2.75) is 18.9 Å². The first-order chi connectivity index (χ1) is 10.0. The Hall–Kier alpha value is -1.95. The summed E-state index contributed by atoms with van der Waals surface area (Å²) in [5.41, 5.74) is 1.93. The molecule has 0 spiro atoms. The number of nitro benzene ring substituents is 1. The first-order valence-corrected chi connectivity index (χ1v) is 7.35. The molecule has 0 aliphatic rings. The highest BCUT2D eigenvalue weighted by Gasteiger charge is 2.16. The van der Waals surface area contributed by atoms with Gasteiger partial charge in [0.1, 0.15) is 18.2 Å². The Kier molecular flexibility index (Phi) is 4.90. The fraction of sp³-hybridized carbons (Fsp3) is 0.200. The molecule has 0 amide bonds. The van der Waals surface area contributed by atoms with E-state index >= 15 is 0 Å². The van der Waals surface area contributed by atoms with Crippen molar-refractivity contribution in [2.75, 3.05) is 0 Å². The van der Waals surface area contributed by atoms with Gasteiger partial charge in [-0.2, -0.15) is 0 Å². The van der Waals surface area contributed by atoms with E-state index in [2.05, 4.69) is 15.9 Å². The van der Waals surface area contributed by atoms with Gasteiger partial charge < -0.3 is 4.74 Å². The van der Waals surface area contributed by atoms with Crippen molar-refractivity contribution in [3.63, 3.8) is 0 Å². The number of alkyl halides is 1. The summed E-state index contributed by atoms with van der Waals surface area (Å²) >= 11 is 3.37. The van der Waals surface area contributed by atoms with E-state index in [1.165, 1.54) is 0 Å². The van der Waals surface area contributed by atoms with Gasteiger partial charge in [0.25, 0.3) is 5.69 Å². The zero-order valence-electron chi connectivity index (χ0n) is 11.3. The molecule has 6 heteroatoms. The lowest BCUT2D eigenvalue weighted by Crippen LogP contribution is -2.03. The first-order valence-electron chi connectivity index (χ1n) is 6.23. The van der Waals surface area contributed by atoms with Crippen LogP contribution in [-0.4, -0.2) is 4.92 Å². The maximum atomic E-state index is 13.3. The van der Waals surface area contributed by atoms with Crippen LogP contribution in [0.4, 0.5) is 10.1 Å².